The van der Waals surface area contributed by atoms with E-state index >= 15 is 0 Å². The Balaban J connectivity index is 1.82. The first-order valence-electron chi connectivity index (χ1n) is 5.48. The van der Waals surface area contributed by atoms with E-state index in [1.165, 1.54) is 0 Å². The van der Waals surface area contributed by atoms with Gasteiger partial charge in [0.15, 0.2) is 5.58 Å². The topological polar surface area (TPSA) is 83.3 Å². The van der Waals surface area contributed by atoms with Crippen LogP contribution in [-0.2, 0) is 11.2 Å². The second-order valence-electron chi connectivity index (χ2n) is 4.49. The fourth-order valence-electron chi connectivity index (χ4n) is 2.20. The van der Waals surface area contributed by atoms with Crippen molar-refractivity contribution in [2.45, 2.75) is 12.8 Å². The molecule has 0 spiro atoms. The van der Waals surface area contributed by atoms with Crippen LogP contribution in [0.3, 0.4) is 0 Å². The van der Waals surface area contributed by atoms with E-state index in [1.54, 1.807) is 6.07 Å². The summed E-state index contributed by atoms with van der Waals surface area (Å²) in [4.78, 5) is 24.3. The number of rotatable bonds is 3. The highest BCUT2D eigenvalue weighted by Gasteiger charge is 2.42. The summed E-state index contributed by atoms with van der Waals surface area (Å²) in [5, 5.41) is 8.81. The van der Waals surface area contributed by atoms with E-state index in [2.05, 4.69) is 4.98 Å². The molecular formula is C12H11NO4. The van der Waals surface area contributed by atoms with Gasteiger partial charge < -0.3 is 9.52 Å². The minimum Gasteiger partial charge on any atom is -0.481 e. The number of nitrogens with one attached hydrogen (secondary N) is 1. The lowest BCUT2D eigenvalue weighted by atomic mass is 10.1. The van der Waals surface area contributed by atoms with Gasteiger partial charge >= 0.3 is 11.7 Å². The maximum absolute atomic E-state index is 11.0. The molecule has 0 amide bonds. The van der Waals surface area contributed by atoms with Gasteiger partial charge in [0.25, 0.3) is 0 Å². The van der Waals surface area contributed by atoms with E-state index in [4.69, 9.17) is 9.52 Å². The third-order valence-corrected chi connectivity index (χ3v) is 3.22. The van der Waals surface area contributed by atoms with Crippen LogP contribution in [0.25, 0.3) is 11.1 Å². The number of oxazole rings is 1. The number of fused-ring (bicyclic) bond motifs is 1. The fourth-order valence-corrected chi connectivity index (χ4v) is 2.20. The Labute approximate surface area is 96.1 Å². The number of H-pyrrole nitrogens is 1. The summed E-state index contributed by atoms with van der Waals surface area (Å²) in [6.07, 6.45) is 1.48. The SMILES string of the molecule is O=C(O)C1CC1Cc1ccc2oc(=O)[nH]c2c1. The molecule has 3 rings (SSSR count). The standard InChI is InChI=1S/C12H11NO4/c14-11(15)8-5-7(8)3-6-1-2-10-9(4-6)13-12(16)17-10/h1-2,4,7-8H,3,5H2,(H,13,16)(H,14,15). The van der Waals surface area contributed by atoms with E-state index in [9.17, 15) is 9.59 Å². The lowest BCUT2D eigenvalue weighted by molar-refractivity contribution is -0.138. The molecular weight excluding hydrogens is 222 g/mol. The molecule has 0 radical (unpaired) electrons. The summed E-state index contributed by atoms with van der Waals surface area (Å²) in [6.45, 7) is 0. The molecule has 0 bridgehead atoms. The first kappa shape index (κ1) is 10.1. The first-order chi connectivity index (χ1) is 8.13. The van der Waals surface area contributed by atoms with Gasteiger partial charge in [-0.2, -0.15) is 0 Å². The van der Waals surface area contributed by atoms with Crippen molar-refractivity contribution < 1.29 is 14.3 Å². The number of carboxylic acid groups (broad SMARTS) is 1. The third kappa shape index (κ3) is 1.84. The van der Waals surface area contributed by atoms with Gasteiger partial charge in [0.05, 0.1) is 11.4 Å². The maximum Gasteiger partial charge on any atom is 0.417 e. The molecule has 0 aliphatic heterocycles. The molecule has 2 unspecified atom stereocenters. The number of hydrogen-bond acceptors (Lipinski definition) is 3. The van der Waals surface area contributed by atoms with Crippen molar-refractivity contribution in [3.8, 4) is 0 Å². The Morgan fingerprint density at radius 2 is 2.35 bits per heavy atom. The summed E-state index contributed by atoms with van der Waals surface area (Å²) in [7, 11) is 0. The van der Waals surface area contributed by atoms with Crippen molar-refractivity contribution in [1.82, 2.24) is 4.98 Å². The molecule has 17 heavy (non-hydrogen) atoms. The normalized spacial score (nSPS) is 22.8. The predicted molar refractivity (Wildman–Crippen MR) is 59.8 cm³/mol. The van der Waals surface area contributed by atoms with Gasteiger partial charge in [0, 0.05) is 0 Å². The van der Waals surface area contributed by atoms with Crippen molar-refractivity contribution in [1.29, 1.82) is 0 Å². The highest BCUT2D eigenvalue weighted by Crippen LogP contribution is 2.41. The molecule has 2 N–H and O–H groups in total. The molecule has 1 heterocycles. The maximum atomic E-state index is 11.0. The van der Waals surface area contributed by atoms with Crippen LogP contribution in [0.4, 0.5) is 0 Å². The average Bonchev–Trinajstić information content (AvgIpc) is 2.92. The molecule has 1 aromatic heterocycles. The molecule has 5 heteroatoms. The van der Waals surface area contributed by atoms with Crippen LogP contribution in [0, 0.1) is 11.8 Å². The van der Waals surface area contributed by atoms with E-state index in [0.717, 1.165) is 18.4 Å². The van der Waals surface area contributed by atoms with E-state index in [-0.39, 0.29) is 11.8 Å². The van der Waals surface area contributed by atoms with Crippen molar-refractivity contribution in [3.05, 3.63) is 34.3 Å². The number of aromatic amines is 1. The predicted octanol–water partition coefficient (Wildman–Crippen LogP) is 1.38. The number of carboxylic acids is 1. The van der Waals surface area contributed by atoms with Crippen LogP contribution >= 0.6 is 0 Å². The monoisotopic (exact) mass is 233 g/mol. The summed E-state index contributed by atoms with van der Waals surface area (Å²) >= 11 is 0. The molecule has 1 saturated carbocycles. The van der Waals surface area contributed by atoms with E-state index in [1.807, 2.05) is 12.1 Å². The first-order valence-corrected chi connectivity index (χ1v) is 5.48. The number of benzene rings is 1. The van der Waals surface area contributed by atoms with Crippen LogP contribution in [0.1, 0.15) is 12.0 Å². The van der Waals surface area contributed by atoms with Gasteiger partial charge in [-0.25, -0.2) is 4.79 Å². The van der Waals surface area contributed by atoms with Gasteiger partial charge in [-0.05, 0) is 36.5 Å². The molecule has 0 saturated heterocycles. The van der Waals surface area contributed by atoms with Crippen molar-refractivity contribution in [2.24, 2.45) is 11.8 Å². The number of hydrogen-bond donors (Lipinski definition) is 2. The average molecular weight is 233 g/mol. The Kier molecular flexibility index (Phi) is 2.07. The van der Waals surface area contributed by atoms with Gasteiger partial charge in [-0.15, -0.1) is 0 Å². The highest BCUT2D eigenvalue weighted by atomic mass is 16.4. The lowest BCUT2D eigenvalue weighted by Crippen LogP contribution is -2.01. The van der Waals surface area contributed by atoms with Gasteiger partial charge in [-0.3, -0.25) is 9.78 Å². The largest absolute Gasteiger partial charge is 0.481 e. The van der Waals surface area contributed by atoms with Crippen LogP contribution < -0.4 is 5.76 Å². The van der Waals surface area contributed by atoms with Crippen molar-refractivity contribution >= 4 is 17.1 Å². The van der Waals surface area contributed by atoms with Gasteiger partial charge in [0.2, 0.25) is 0 Å². The summed E-state index contributed by atoms with van der Waals surface area (Å²) in [5.74, 6) is -1.16. The third-order valence-electron chi connectivity index (χ3n) is 3.22. The minimum absolute atomic E-state index is 0.200. The smallest absolute Gasteiger partial charge is 0.417 e. The van der Waals surface area contributed by atoms with Crippen LogP contribution in [-0.4, -0.2) is 16.1 Å². The second kappa shape index (κ2) is 3.48. The van der Waals surface area contributed by atoms with E-state index in [0.29, 0.717) is 11.1 Å². The molecule has 2 aromatic rings. The molecule has 2 atom stereocenters. The van der Waals surface area contributed by atoms with Gasteiger partial charge in [0.1, 0.15) is 0 Å². The van der Waals surface area contributed by atoms with Crippen LogP contribution in [0.2, 0.25) is 0 Å². The minimum atomic E-state index is -0.715. The second-order valence-corrected chi connectivity index (χ2v) is 4.49. The summed E-state index contributed by atoms with van der Waals surface area (Å²) in [5.41, 5.74) is 2.23. The number of carbonyl (C=O) groups is 1. The molecule has 1 fully saturated rings. The van der Waals surface area contributed by atoms with Crippen LogP contribution in [0.5, 0.6) is 0 Å². The quantitative estimate of drug-likeness (QED) is 0.838. The lowest BCUT2D eigenvalue weighted by Gasteiger charge is -1.99. The zero-order valence-corrected chi connectivity index (χ0v) is 8.97. The Morgan fingerprint density at radius 3 is 3.06 bits per heavy atom. The molecule has 88 valence electrons. The zero-order chi connectivity index (χ0) is 12.0. The highest BCUT2D eigenvalue weighted by molar-refractivity contribution is 5.74. The zero-order valence-electron chi connectivity index (χ0n) is 8.97. The summed E-state index contributed by atoms with van der Waals surface area (Å²) < 4.78 is 4.90. The van der Waals surface area contributed by atoms with Crippen molar-refractivity contribution in [2.75, 3.05) is 0 Å². The van der Waals surface area contributed by atoms with Gasteiger partial charge in [-0.1, -0.05) is 6.07 Å². The molecule has 1 aliphatic carbocycles. The van der Waals surface area contributed by atoms with Crippen molar-refractivity contribution in [3.63, 3.8) is 0 Å². The summed E-state index contributed by atoms with van der Waals surface area (Å²) in [6, 6.07) is 5.45. The fraction of sp³-hybridized carbons (Fsp3) is 0.333. The molecule has 5 nitrogen and oxygen atoms in total. The molecule has 1 aliphatic rings. The number of aliphatic carboxylic acids is 1. The Bertz CT molecular complexity index is 639. The van der Waals surface area contributed by atoms with Crippen LogP contribution in [0.15, 0.2) is 27.4 Å². The number of aromatic nitrogens is 1. The Morgan fingerprint density at radius 1 is 1.53 bits per heavy atom. The van der Waals surface area contributed by atoms with E-state index < -0.39 is 11.7 Å². The Hall–Kier alpha value is -2.04. The molecule has 1 aromatic carbocycles.